The van der Waals surface area contributed by atoms with Gasteiger partial charge in [-0.05, 0) is 37.5 Å². The number of H-pyrrole nitrogens is 1. The average Bonchev–Trinajstić information content (AvgIpc) is 2.77. The van der Waals surface area contributed by atoms with Crippen LogP contribution in [0.2, 0.25) is 0 Å². The number of aromatic amines is 1. The molecule has 1 aliphatic rings. The molecule has 0 fully saturated rings. The van der Waals surface area contributed by atoms with Crippen molar-refractivity contribution in [2.24, 2.45) is 0 Å². The van der Waals surface area contributed by atoms with Gasteiger partial charge in [0, 0.05) is 18.2 Å². The van der Waals surface area contributed by atoms with Crippen molar-refractivity contribution in [3.05, 3.63) is 104 Å². The molecule has 2 aromatic carbocycles. The van der Waals surface area contributed by atoms with E-state index in [-0.39, 0.29) is 23.2 Å². The minimum Gasteiger partial charge on any atom is -0.327 e. The molecule has 0 bridgehead atoms. The summed E-state index contributed by atoms with van der Waals surface area (Å²) in [5.74, 6) is 0.342. The molecule has 1 aromatic heterocycles. The van der Waals surface area contributed by atoms with Crippen LogP contribution in [-0.2, 0) is 0 Å². The van der Waals surface area contributed by atoms with Gasteiger partial charge >= 0.3 is 5.69 Å². The predicted molar refractivity (Wildman–Crippen MR) is 127 cm³/mol. The van der Waals surface area contributed by atoms with Crippen LogP contribution in [0.15, 0.2) is 76.3 Å². The summed E-state index contributed by atoms with van der Waals surface area (Å²) in [5, 5.41) is 0. The number of anilines is 2. The van der Waals surface area contributed by atoms with Crippen LogP contribution in [0.1, 0.15) is 62.3 Å². The number of benzene rings is 2. The normalized spacial score (nSPS) is 15.8. The number of hydrogen-bond donors (Lipinski definition) is 1. The van der Waals surface area contributed by atoms with Crippen molar-refractivity contribution in [2.75, 3.05) is 11.4 Å². The summed E-state index contributed by atoms with van der Waals surface area (Å²) < 4.78 is 1.34. The van der Waals surface area contributed by atoms with Gasteiger partial charge in [-0.25, -0.2) is 4.79 Å². The molecule has 0 aliphatic carbocycles. The van der Waals surface area contributed by atoms with E-state index in [9.17, 15) is 9.59 Å². The molecule has 2 atom stereocenters. The second-order valence-electron chi connectivity index (χ2n) is 8.30. The van der Waals surface area contributed by atoms with E-state index in [1.807, 2.05) is 56.3 Å². The molecule has 2 heterocycles. The van der Waals surface area contributed by atoms with Crippen molar-refractivity contribution in [1.82, 2.24) is 9.55 Å². The summed E-state index contributed by atoms with van der Waals surface area (Å²) in [6.45, 7) is 10.9. The summed E-state index contributed by atoms with van der Waals surface area (Å²) in [6.07, 6.45) is 1.97. The van der Waals surface area contributed by atoms with Crippen molar-refractivity contribution >= 4 is 11.5 Å². The molecule has 1 aliphatic heterocycles. The van der Waals surface area contributed by atoms with Gasteiger partial charge in [0.05, 0.1) is 11.6 Å². The van der Waals surface area contributed by atoms with Crippen molar-refractivity contribution in [3.8, 4) is 0 Å². The second-order valence-corrected chi connectivity index (χ2v) is 8.30. The Labute approximate surface area is 182 Å². The Kier molecular flexibility index (Phi) is 5.68. The SMILES string of the molecule is C=C(C)[C@H]1c2ccccc2N(CCCC)c2[nH]c(=O)n([C@@H](C)c3ccccc3)c(=O)c21. The highest BCUT2D eigenvalue weighted by Crippen LogP contribution is 2.45. The Hall–Kier alpha value is -3.34. The third kappa shape index (κ3) is 3.54. The first-order valence-corrected chi connectivity index (χ1v) is 10.9. The van der Waals surface area contributed by atoms with Crippen LogP contribution in [0.3, 0.4) is 0 Å². The lowest BCUT2D eigenvalue weighted by molar-refractivity contribution is 0.566. The maximum Gasteiger partial charge on any atom is 0.330 e. The fourth-order valence-corrected chi connectivity index (χ4v) is 4.57. The summed E-state index contributed by atoms with van der Waals surface area (Å²) in [7, 11) is 0. The highest BCUT2D eigenvalue weighted by molar-refractivity contribution is 5.74. The predicted octanol–water partition coefficient (Wildman–Crippen LogP) is 5.11. The van der Waals surface area contributed by atoms with Gasteiger partial charge in [0.1, 0.15) is 5.82 Å². The fraction of sp³-hybridized carbons (Fsp3) is 0.308. The maximum atomic E-state index is 13.9. The van der Waals surface area contributed by atoms with Gasteiger partial charge in [-0.1, -0.05) is 74.0 Å². The van der Waals surface area contributed by atoms with Gasteiger partial charge in [0.15, 0.2) is 0 Å². The second kappa shape index (κ2) is 8.42. The minimum absolute atomic E-state index is 0.251. The van der Waals surface area contributed by atoms with Gasteiger partial charge in [-0.2, -0.15) is 0 Å². The Morgan fingerprint density at radius 1 is 1.10 bits per heavy atom. The number of para-hydroxylation sites is 1. The van der Waals surface area contributed by atoms with Crippen LogP contribution in [0, 0.1) is 0 Å². The molecule has 0 spiro atoms. The summed E-state index contributed by atoms with van der Waals surface area (Å²) in [6, 6.07) is 17.4. The molecule has 0 saturated carbocycles. The number of rotatable bonds is 6. The molecule has 0 saturated heterocycles. The van der Waals surface area contributed by atoms with Crippen molar-refractivity contribution in [3.63, 3.8) is 0 Å². The molecule has 0 unspecified atom stereocenters. The zero-order valence-corrected chi connectivity index (χ0v) is 18.4. The zero-order valence-electron chi connectivity index (χ0n) is 18.4. The van der Waals surface area contributed by atoms with E-state index in [2.05, 4.69) is 35.5 Å². The standard InChI is InChI=1S/C26H29N3O2/c1-5-6-16-28-21-15-11-10-14-20(21)22(17(2)3)23-24(28)27-26(31)29(25(23)30)18(4)19-12-8-7-9-13-19/h7-15,18,22H,2,5-6,16H2,1,3-4H3,(H,27,31)/t18-,22-/m0/s1. The molecular weight excluding hydrogens is 386 g/mol. The number of nitrogens with zero attached hydrogens (tertiary/aromatic N) is 2. The molecule has 3 aromatic rings. The zero-order chi connectivity index (χ0) is 22.1. The Balaban J connectivity index is 1.99. The highest BCUT2D eigenvalue weighted by atomic mass is 16.2. The minimum atomic E-state index is -0.388. The first-order valence-electron chi connectivity index (χ1n) is 10.9. The first kappa shape index (κ1) is 20.9. The molecule has 4 rings (SSSR count). The largest absolute Gasteiger partial charge is 0.330 e. The Morgan fingerprint density at radius 3 is 2.45 bits per heavy atom. The van der Waals surface area contributed by atoms with Gasteiger partial charge in [0.2, 0.25) is 0 Å². The van der Waals surface area contributed by atoms with Crippen LogP contribution in [0.5, 0.6) is 0 Å². The molecule has 0 amide bonds. The molecule has 0 radical (unpaired) electrons. The number of aromatic nitrogens is 2. The van der Waals surface area contributed by atoms with Crippen LogP contribution in [-0.4, -0.2) is 16.1 Å². The van der Waals surface area contributed by atoms with E-state index in [4.69, 9.17) is 0 Å². The molecule has 31 heavy (non-hydrogen) atoms. The number of allylic oxidation sites excluding steroid dienone is 1. The molecule has 5 nitrogen and oxygen atoms in total. The lowest BCUT2D eigenvalue weighted by Crippen LogP contribution is -2.44. The molecular formula is C26H29N3O2. The topological polar surface area (TPSA) is 58.1 Å². The Morgan fingerprint density at radius 2 is 1.77 bits per heavy atom. The average molecular weight is 416 g/mol. The summed E-state index contributed by atoms with van der Waals surface area (Å²) in [4.78, 5) is 32.2. The smallest absolute Gasteiger partial charge is 0.327 e. The maximum absolute atomic E-state index is 13.9. The number of unbranched alkanes of at least 4 members (excludes halogenated alkanes) is 1. The Bertz CT molecular complexity index is 1220. The molecule has 160 valence electrons. The van der Waals surface area contributed by atoms with E-state index in [1.54, 1.807) is 0 Å². The summed E-state index contributed by atoms with van der Waals surface area (Å²) >= 11 is 0. The molecule has 1 N–H and O–H groups in total. The quantitative estimate of drug-likeness (QED) is 0.570. The van der Waals surface area contributed by atoms with E-state index in [0.29, 0.717) is 11.4 Å². The van der Waals surface area contributed by atoms with E-state index >= 15 is 0 Å². The monoisotopic (exact) mass is 415 g/mol. The van der Waals surface area contributed by atoms with Crippen molar-refractivity contribution in [2.45, 2.75) is 45.6 Å². The number of hydrogen-bond acceptors (Lipinski definition) is 3. The van der Waals surface area contributed by atoms with Crippen LogP contribution >= 0.6 is 0 Å². The first-order chi connectivity index (χ1) is 15.0. The third-order valence-electron chi connectivity index (χ3n) is 6.14. The van der Waals surface area contributed by atoms with Gasteiger partial charge in [-0.3, -0.25) is 14.3 Å². The fourth-order valence-electron chi connectivity index (χ4n) is 4.57. The number of nitrogens with one attached hydrogen (secondary N) is 1. The van der Waals surface area contributed by atoms with Gasteiger partial charge in [0.25, 0.3) is 5.56 Å². The van der Waals surface area contributed by atoms with Gasteiger partial charge < -0.3 is 4.90 Å². The molecule has 5 heteroatoms. The van der Waals surface area contributed by atoms with E-state index in [0.717, 1.165) is 41.8 Å². The van der Waals surface area contributed by atoms with Crippen LogP contribution in [0.25, 0.3) is 0 Å². The third-order valence-corrected chi connectivity index (χ3v) is 6.14. The van der Waals surface area contributed by atoms with Gasteiger partial charge in [-0.15, -0.1) is 0 Å². The summed E-state index contributed by atoms with van der Waals surface area (Å²) in [5.41, 5.74) is 3.85. The highest BCUT2D eigenvalue weighted by Gasteiger charge is 2.35. The van der Waals surface area contributed by atoms with Crippen LogP contribution < -0.4 is 16.1 Å². The van der Waals surface area contributed by atoms with Crippen molar-refractivity contribution in [1.29, 1.82) is 0 Å². The number of fused-ring (bicyclic) bond motifs is 2. The van der Waals surface area contributed by atoms with E-state index in [1.165, 1.54) is 4.57 Å². The van der Waals surface area contributed by atoms with Crippen LogP contribution in [0.4, 0.5) is 11.5 Å². The van der Waals surface area contributed by atoms with Crippen molar-refractivity contribution < 1.29 is 0 Å². The lowest BCUT2D eigenvalue weighted by Gasteiger charge is -2.37. The van der Waals surface area contributed by atoms with E-state index < -0.39 is 0 Å². The lowest BCUT2D eigenvalue weighted by atomic mass is 9.82.